The highest BCUT2D eigenvalue weighted by molar-refractivity contribution is 6.01. The molecule has 0 radical (unpaired) electrons. The number of hydrogen-bond donors (Lipinski definition) is 0. The van der Waals surface area contributed by atoms with Crippen molar-refractivity contribution in [2.24, 2.45) is 0 Å². The number of carbonyl (C=O) groups is 2. The van der Waals surface area contributed by atoms with Gasteiger partial charge in [-0.2, -0.15) is 0 Å². The van der Waals surface area contributed by atoms with E-state index in [1.165, 1.54) is 27.4 Å². The van der Waals surface area contributed by atoms with Crippen molar-refractivity contribution in [3.05, 3.63) is 47.5 Å². The molecule has 1 aliphatic heterocycles. The highest BCUT2D eigenvalue weighted by Gasteiger charge is 2.35. The van der Waals surface area contributed by atoms with Crippen molar-refractivity contribution < 1.29 is 28.5 Å². The Morgan fingerprint density at radius 3 is 2.28 bits per heavy atom. The minimum absolute atomic E-state index is 0.00308. The summed E-state index contributed by atoms with van der Waals surface area (Å²) in [5.41, 5.74) is 2.12. The van der Waals surface area contributed by atoms with Crippen molar-refractivity contribution >= 4 is 17.6 Å². The Morgan fingerprint density at radius 2 is 1.62 bits per heavy atom. The molecule has 1 aliphatic rings. The van der Waals surface area contributed by atoms with E-state index in [0.29, 0.717) is 11.5 Å². The number of anilines is 1. The Morgan fingerprint density at radius 1 is 1.00 bits per heavy atom. The van der Waals surface area contributed by atoms with E-state index in [1.54, 1.807) is 17.9 Å². The number of fused-ring (bicyclic) bond motifs is 1. The topological polar surface area (TPSA) is 74.3 Å². The summed E-state index contributed by atoms with van der Waals surface area (Å²) >= 11 is 0. The van der Waals surface area contributed by atoms with Gasteiger partial charge >= 0.3 is 5.97 Å². The van der Waals surface area contributed by atoms with E-state index in [0.717, 1.165) is 17.7 Å². The SMILES string of the molecule is COc1cc(OC)c(C(=O)O[C@H](C)C(=O)N2c3ccccc3C[C@H]2C)cc1OC. The highest BCUT2D eigenvalue weighted by atomic mass is 16.6. The molecule has 0 bridgehead atoms. The molecule has 3 rings (SSSR count). The summed E-state index contributed by atoms with van der Waals surface area (Å²) in [5, 5.41) is 0. The van der Waals surface area contributed by atoms with Gasteiger partial charge in [0.15, 0.2) is 17.6 Å². The highest BCUT2D eigenvalue weighted by Crippen LogP contribution is 2.36. The fraction of sp³-hybridized carbons (Fsp3) is 0.364. The molecule has 0 aliphatic carbocycles. The lowest BCUT2D eigenvalue weighted by atomic mass is 10.1. The smallest absolute Gasteiger partial charge is 0.342 e. The van der Waals surface area contributed by atoms with Crippen LogP contribution in [0.15, 0.2) is 36.4 Å². The first-order valence-electron chi connectivity index (χ1n) is 9.33. The third-order valence-corrected chi connectivity index (χ3v) is 5.00. The predicted molar refractivity (Wildman–Crippen MR) is 108 cm³/mol. The molecule has 0 fully saturated rings. The van der Waals surface area contributed by atoms with Crippen LogP contribution in [0.3, 0.4) is 0 Å². The maximum absolute atomic E-state index is 13.0. The zero-order valence-electron chi connectivity index (χ0n) is 17.2. The number of carbonyl (C=O) groups excluding carboxylic acids is 2. The van der Waals surface area contributed by atoms with E-state index in [9.17, 15) is 9.59 Å². The van der Waals surface area contributed by atoms with E-state index < -0.39 is 12.1 Å². The second-order valence-electron chi connectivity index (χ2n) is 6.85. The van der Waals surface area contributed by atoms with Crippen LogP contribution in [0.4, 0.5) is 5.69 Å². The van der Waals surface area contributed by atoms with Gasteiger partial charge in [-0.15, -0.1) is 0 Å². The summed E-state index contributed by atoms with van der Waals surface area (Å²) in [6, 6.07) is 10.8. The molecule has 1 heterocycles. The summed E-state index contributed by atoms with van der Waals surface area (Å²) in [6.45, 7) is 3.55. The van der Waals surface area contributed by atoms with Crippen LogP contribution >= 0.6 is 0 Å². The molecule has 1 amide bonds. The van der Waals surface area contributed by atoms with Gasteiger partial charge in [0.25, 0.3) is 5.91 Å². The number of ether oxygens (including phenoxy) is 4. The molecule has 7 nitrogen and oxygen atoms in total. The number of amides is 1. The Kier molecular flexibility index (Phi) is 5.96. The molecule has 0 saturated carbocycles. The molecule has 0 saturated heterocycles. The number of hydrogen-bond acceptors (Lipinski definition) is 6. The van der Waals surface area contributed by atoms with Gasteiger partial charge in [0.2, 0.25) is 0 Å². The minimum Gasteiger partial charge on any atom is -0.496 e. The molecule has 7 heteroatoms. The van der Waals surface area contributed by atoms with Crippen LogP contribution in [-0.2, 0) is 16.0 Å². The quantitative estimate of drug-likeness (QED) is 0.695. The number of para-hydroxylation sites is 1. The third-order valence-electron chi connectivity index (χ3n) is 5.00. The molecule has 0 unspecified atom stereocenters. The Balaban J connectivity index is 1.81. The van der Waals surface area contributed by atoms with Crippen LogP contribution in [-0.4, -0.2) is 45.4 Å². The molecule has 2 aromatic rings. The minimum atomic E-state index is -0.964. The normalized spacial score (nSPS) is 16.0. The summed E-state index contributed by atoms with van der Waals surface area (Å²) in [7, 11) is 4.40. The number of nitrogens with zero attached hydrogens (tertiary/aromatic N) is 1. The van der Waals surface area contributed by atoms with Gasteiger partial charge in [-0.3, -0.25) is 4.79 Å². The molecular weight excluding hydrogens is 374 g/mol. The second-order valence-corrected chi connectivity index (χ2v) is 6.85. The monoisotopic (exact) mass is 399 g/mol. The molecule has 2 atom stereocenters. The molecule has 29 heavy (non-hydrogen) atoms. The predicted octanol–water partition coefficient (Wildman–Crippen LogP) is 3.24. The van der Waals surface area contributed by atoms with E-state index in [2.05, 4.69) is 0 Å². The first kappa shape index (κ1) is 20.5. The largest absolute Gasteiger partial charge is 0.496 e. The van der Waals surface area contributed by atoms with Crippen LogP contribution in [0.5, 0.6) is 17.2 Å². The maximum atomic E-state index is 13.0. The molecule has 0 N–H and O–H groups in total. The zero-order valence-corrected chi connectivity index (χ0v) is 17.2. The van der Waals surface area contributed by atoms with Gasteiger partial charge in [0, 0.05) is 23.9 Å². The standard InChI is InChI=1S/C22H25NO6/c1-13-10-15-8-6-7-9-17(15)23(13)21(24)14(2)29-22(25)16-11-19(27-4)20(28-5)12-18(16)26-3/h6-9,11-14H,10H2,1-5H3/t13-,14-/m1/s1. The van der Waals surface area contributed by atoms with Gasteiger partial charge in [-0.25, -0.2) is 4.79 Å². The molecule has 154 valence electrons. The van der Waals surface area contributed by atoms with Crippen LogP contribution in [0.1, 0.15) is 29.8 Å². The average Bonchev–Trinajstić information content (AvgIpc) is 3.07. The van der Waals surface area contributed by atoms with Crippen LogP contribution in [0, 0.1) is 0 Å². The fourth-order valence-corrected chi connectivity index (χ4v) is 3.56. The molecular formula is C22H25NO6. The van der Waals surface area contributed by atoms with Crippen molar-refractivity contribution in [1.29, 1.82) is 0 Å². The van der Waals surface area contributed by atoms with Gasteiger partial charge in [0.05, 0.1) is 21.3 Å². The van der Waals surface area contributed by atoms with Gasteiger partial charge < -0.3 is 23.8 Å². The number of benzene rings is 2. The Hall–Kier alpha value is -3.22. The van der Waals surface area contributed by atoms with Crippen molar-refractivity contribution in [1.82, 2.24) is 0 Å². The van der Waals surface area contributed by atoms with E-state index in [1.807, 2.05) is 31.2 Å². The summed E-state index contributed by atoms with van der Waals surface area (Å²) < 4.78 is 21.2. The summed E-state index contributed by atoms with van der Waals surface area (Å²) in [4.78, 5) is 27.5. The summed E-state index contributed by atoms with van der Waals surface area (Å²) in [6.07, 6.45) is -0.194. The van der Waals surface area contributed by atoms with Crippen molar-refractivity contribution in [3.8, 4) is 17.2 Å². The van der Waals surface area contributed by atoms with Gasteiger partial charge in [-0.1, -0.05) is 18.2 Å². The van der Waals surface area contributed by atoms with Crippen molar-refractivity contribution in [2.75, 3.05) is 26.2 Å². The van der Waals surface area contributed by atoms with Crippen molar-refractivity contribution in [3.63, 3.8) is 0 Å². The van der Waals surface area contributed by atoms with Crippen LogP contribution in [0.25, 0.3) is 0 Å². The zero-order chi connectivity index (χ0) is 21.1. The first-order valence-corrected chi connectivity index (χ1v) is 9.33. The number of rotatable bonds is 6. The van der Waals surface area contributed by atoms with E-state index in [-0.39, 0.29) is 23.3 Å². The lowest BCUT2D eigenvalue weighted by Crippen LogP contribution is -2.43. The second kappa shape index (κ2) is 8.43. The lowest BCUT2D eigenvalue weighted by molar-refractivity contribution is -0.126. The molecule has 2 aromatic carbocycles. The van der Waals surface area contributed by atoms with Crippen LogP contribution in [0.2, 0.25) is 0 Å². The third kappa shape index (κ3) is 3.85. The Bertz CT molecular complexity index is 926. The van der Waals surface area contributed by atoms with Gasteiger partial charge in [0.1, 0.15) is 11.3 Å². The Labute approximate surface area is 170 Å². The number of methoxy groups -OCH3 is 3. The van der Waals surface area contributed by atoms with Crippen molar-refractivity contribution in [2.45, 2.75) is 32.4 Å². The fourth-order valence-electron chi connectivity index (χ4n) is 3.56. The van der Waals surface area contributed by atoms with Crippen LogP contribution < -0.4 is 19.1 Å². The maximum Gasteiger partial charge on any atom is 0.342 e. The molecule has 0 spiro atoms. The molecule has 0 aromatic heterocycles. The number of esters is 1. The van der Waals surface area contributed by atoms with E-state index in [4.69, 9.17) is 18.9 Å². The average molecular weight is 399 g/mol. The van der Waals surface area contributed by atoms with Gasteiger partial charge in [-0.05, 0) is 31.9 Å². The van der Waals surface area contributed by atoms with E-state index >= 15 is 0 Å². The first-order chi connectivity index (χ1) is 13.9. The summed E-state index contributed by atoms with van der Waals surface area (Å²) in [5.74, 6) is 0.111. The lowest BCUT2D eigenvalue weighted by Gasteiger charge is -2.26.